The zero-order chi connectivity index (χ0) is 37.5. The molecule has 0 amide bonds. The van der Waals surface area contributed by atoms with Crippen molar-refractivity contribution in [2.45, 2.75) is 0 Å². The number of para-hydroxylation sites is 2. The van der Waals surface area contributed by atoms with Crippen LogP contribution in [0.2, 0.25) is 0 Å². The number of benzene rings is 8. The molecule has 0 atom stereocenters. The highest BCUT2D eigenvalue weighted by molar-refractivity contribution is 6.19. The lowest BCUT2D eigenvalue weighted by Crippen LogP contribution is -2.00. The summed E-state index contributed by atoms with van der Waals surface area (Å²) in [6.07, 6.45) is 0. The maximum atomic E-state index is 6.67. The van der Waals surface area contributed by atoms with E-state index in [1.807, 2.05) is 72.8 Å². The van der Waals surface area contributed by atoms with Crippen molar-refractivity contribution in [2.75, 3.05) is 0 Å². The molecule has 0 aliphatic rings. The van der Waals surface area contributed by atoms with E-state index in [2.05, 4.69) is 114 Å². The molecule has 0 aliphatic heterocycles. The highest BCUT2D eigenvalue weighted by Gasteiger charge is 2.21. The molecule has 57 heavy (non-hydrogen) atoms. The number of rotatable bonds is 5. The lowest BCUT2D eigenvalue weighted by Gasteiger charge is -2.10. The zero-order valence-electron chi connectivity index (χ0n) is 30.4. The molecule has 6 heteroatoms. The van der Waals surface area contributed by atoms with Gasteiger partial charge in [-0.3, -0.25) is 0 Å². The summed E-state index contributed by atoms with van der Waals surface area (Å²) in [6, 6.07) is 62.8. The Kier molecular flexibility index (Phi) is 6.83. The smallest absolute Gasteiger partial charge is 0.164 e. The number of hydrogen-bond donors (Lipinski definition) is 0. The Morgan fingerprint density at radius 3 is 1.75 bits per heavy atom. The minimum atomic E-state index is 0.562. The lowest BCUT2D eigenvalue weighted by atomic mass is 10.0. The van der Waals surface area contributed by atoms with Crippen molar-refractivity contribution in [3.05, 3.63) is 182 Å². The molecule has 0 bridgehead atoms. The van der Waals surface area contributed by atoms with E-state index in [-0.39, 0.29) is 0 Å². The summed E-state index contributed by atoms with van der Waals surface area (Å²) in [5.74, 6) is 1.72. The Labute approximate surface area is 325 Å². The van der Waals surface area contributed by atoms with Crippen molar-refractivity contribution in [1.29, 1.82) is 0 Å². The van der Waals surface area contributed by atoms with Crippen LogP contribution in [-0.2, 0) is 0 Å². The fraction of sp³-hybridized carbons (Fsp3) is 0. The van der Waals surface area contributed by atoms with Gasteiger partial charge in [0.15, 0.2) is 17.5 Å². The number of aromatic nitrogens is 4. The Morgan fingerprint density at radius 2 is 0.930 bits per heavy atom. The first-order valence-electron chi connectivity index (χ1n) is 19.0. The summed E-state index contributed by atoms with van der Waals surface area (Å²) in [4.78, 5) is 15.4. The summed E-state index contributed by atoms with van der Waals surface area (Å²) in [5.41, 5.74) is 11.5. The standard InChI is InChI=1S/C51H30N4O2/c1-3-12-31(13-4-1)32-22-25-35(26-23-32)55-42-19-9-7-16-36(42)40-30-47-41(29-43(40)55)48-39(18-11-21-45(48)57-47)51-53-49(33-14-5-2-6-15-33)52-50(54-51)34-24-27-38-37-17-8-10-20-44(37)56-46(38)28-34/h1-30H. The van der Waals surface area contributed by atoms with Gasteiger partial charge >= 0.3 is 0 Å². The van der Waals surface area contributed by atoms with Crippen molar-refractivity contribution in [2.24, 2.45) is 0 Å². The maximum absolute atomic E-state index is 6.67. The molecule has 0 radical (unpaired) electrons. The van der Waals surface area contributed by atoms with Crippen LogP contribution in [0.15, 0.2) is 191 Å². The Morgan fingerprint density at radius 1 is 0.333 bits per heavy atom. The molecule has 6 nitrogen and oxygen atoms in total. The van der Waals surface area contributed by atoms with Gasteiger partial charge in [0.05, 0.1) is 11.0 Å². The van der Waals surface area contributed by atoms with Gasteiger partial charge in [0.1, 0.15) is 22.3 Å². The topological polar surface area (TPSA) is 69.9 Å². The molecular formula is C51H30N4O2. The minimum absolute atomic E-state index is 0.562. The van der Waals surface area contributed by atoms with Crippen molar-refractivity contribution in [1.82, 2.24) is 19.5 Å². The van der Waals surface area contributed by atoms with Gasteiger partial charge in [0.25, 0.3) is 0 Å². The van der Waals surface area contributed by atoms with Crippen LogP contribution in [0.1, 0.15) is 0 Å². The van der Waals surface area contributed by atoms with Crippen molar-refractivity contribution in [3.63, 3.8) is 0 Å². The molecule has 0 saturated heterocycles. The van der Waals surface area contributed by atoms with Gasteiger partial charge in [0.2, 0.25) is 0 Å². The Bertz CT molecular complexity index is 3510. The average Bonchev–Trinajstić information content (AvgIpc) is 3.95. The summed E-state index contributed by atoms with van der Waals surface area (Å²) >= 11 is 0. The molecule has 0 N–H and O–H groups in total. The van der Waals surface area contributed by atoms with E-state index in [4.69, 9.17) is 23.8 Å². The van der Waals surface area contributed by atoms with Crippen LogP contribution in [0.4, 0.5) is 0 Å². The van der Waals surface area contributed by atoms with E-state index < -0.39 is 0 Å². The van der Waals surface area contributed by atoms with Crippen LogP contribution >= 0.6 is 0 Å². The summed E-state index contributed by atoms with van der Waals surface area (Å²) in [7, 11) is 0. The molecular weight excluding hydrogens is 701 g/mol. The second-order valence-electron chi connectivity index (χ2n) is 14.4. The van der Waals surface area contributed by atoms with Gasteiger partial charge in [-0.15, -0.1) is 0 Å². The molecule has 0 unspecified atom stereocenters. The van der Waals surface area contributed by atoms with Crippen LogP contribution in [0, 0.1) is 0 Å². The van der Waals surface area contributed by atoms with E-state index in [1.165, 1.54) is 16.5 Å². The maximum Gasteiger partial charge on any atom is 0.164 e. The molecule has 12 rings (SSSR count). The van der Waals surface area contributed by atoms with Crippen molar-refractivity contribution < 1.29 is 8.83 Å². The van der Waals surface area contributed by atoms with Gasteiger partial charge in [-0.05, 0) is 65.7 Å². The van der Waals surface area contributed by atoms with E-state index in [1.54, 1.807) is 0 Å². The fourth-order valence-electron chi connectivity index (χ4n) is 8.39. The van der Waals surface area contributed by atoms with E-state index in [9.17, 15) is 0 Å². The van der Waals surface area contributed by atoms with Crippen LogP contribution < -0.4 is 0 Å². The molecule has 0 aliphatic carbocycles. The third-order valence-corrected chi connectivity index (χ3v) is 11.1. The number of hydrogen-bond acceptors (Lipinski definition) is 5. The minimum Gasteiger partial charge on any atom is -0.456 e. The van der Waals surface area contributed by atoms with Crippen LogP contribution in [-0.4, -0.2) is 19.5 Å². The normalized spacial score (nSPS) is 11.9. The van der Waals surface area contributed by atoms with Crippen LogP contribution in [0.5, 0.6) is 0 Å². The van der Waals surface area contributed by atoms with Crippen molar-refractivity contribution >= 4 is 65.7 Å². The molecule has 0 fully saturated rings. The molecule has 0 saturated carbocycles. The predicted octanol–water partition coefficient (Wildman–Crippen LogP) is 13.4. The van der Waals surface area contributed by atoms with Crippen LogP contribution in [0.3, 0.4) is 0 Å². The second kappa shape index (κ2) is 12.3. The van der Waals surface area contributed by atoms with Crippen LogP contribution in [0.25, 0.3) is 117 Å². The first-order chi connectivity index (χ1) is 28.2. The lowest BCUT2D eigenvalue weighted by molar-refractivity contribution is 0.669. The SMILES string of the molecule is c1ccc(-c2ccc(-n3c4ccccc4c4cc5oc6cccc(-c7nc(-c8ccccc8)nc(-c8ccc9c(c8)oc8ccccc89)n7)c6c5cc43)cc2)cc1. The van der Waals surface area contributed by atoms with E-state index in [0.717, 1.165) is 82.7 Å². The third-order valence-electron chi connectivity index (χ3n) is 11.1. The molecule has 0 spiro atoms. The molecule has 4 heterocycles. The summed E-state index contributed by atoms with van der Waals surface area (Å²) in [6.45, 7) is 0. The van der Waals surface area contributed by atoms with Gasteiger partial charge in [-0.25, -0.2) is 15.0 Å². The van der Waals surface area contributed by atoms with Gasteiger partial charge < -0.3 is 13.4 Å². The van der Waals surface area contributed by atoms with Crippen molar-refractivity contribution in [3.8, 4) is 51.0 Å². The average molecular weight is 731 g/mol. The second-order valence-corrected chi connectivity index (χ2v) is 14.4. The summed E-state index contributed by atoms with van der Waals surface area (Å²) < 4.78 is 15.3. The van der Waals surface area contributed by atoms with E-state index in [0.29, 0.717) is 17.5 Å². The van der Waals surface area contributed by atoms with E-state index >= 15 is 0 Å². The predicted molar refractivity (Wildman–Crippen MR) is 230 cm³/mol. The quantitative estimate of drug-likeness (QED) is 0.176. The first kappa shape index (κ1) is 31.5. The Hall–Kier alpha value is -7.83. The fourth-order valence-corrected chi connectivity index (χ4v) is 8.39. The molecule has 266 valence electrons. The zero-order valence-corrected chi connectivity index (χ0v) is 30.4. The highest BCUT2D eigenvalue weighted by atomic mass is 16.3. The Balaban J connectivity index is 1.07. The van der Waals surface area contributed by atoms with Gasteiger partial charge in [-0.1, -0.05) is 127 Å². The van der Waals surface area contributed by atoms with Gasteiger partial charge in [-0.2, -0.15) is 0 Å². The third kappa shape index (κ3) is 5.01. The molecule has 8 aromatic carbocycles. The number of nitrogens with zero attached hydrogens (tertiary/aromatic N) is 4. The highest BCUT2D eigenvalue weighted by Crippen LogP contribution is 2.42. The summed E-state index contributed by atoms with van der Waals surface area (Å²) in [5, 5.41) is 6.37. The first-order valence-corrected chi connectivity index (χ1v) is 19.0. The van der Waals surface area contributed by atoms with Gasteiger partial charge in [0, 0.05) is 54.7 Å². The molecule has 4 aromatic heterocycles. The monoisotopic (exact) mass is 730 g/mol. The molecule has 12 aromatic rings. The number of furan rings is 2. The largest absolute Gasteiger partial charge is 0.456 e. The number of fused-ring (bicyclic) bond motifs is 9.